The third-order valence-corrected chi connectivity index (χ3v) is 1.62. The van der Waals surface area contributed by atoms with Crippen molar-refractivity contribution < 1.29 is 0 Å². The van der Waals surface area contributed by atoms with Crippen LogP contribution in [-0.4, -0.2) is 19.9 Å². The van der Waals surface area contributed by atoms with E-state index in [2.05, 4.69) is 19.9 Å². The number of rotatable bonds is 1. The molecule has 0 bridgehead atoms. The largest absolute Gasteiger partial charge is 0.369 e. The number of nitrogens with two attached hydrogens (primary N) is 1. The van der Waals surface area contributed by atoms with Crippen LogP contribution in [0.25, 0.3) is 11.2 Å². The molecule has 12 heavy (non-hydrogen) atoms. The van der Waals surface area contributed by atoms with Crippen LogP contribution in [0.3, 0.4) is 0 Å². The van der Waals surface area contributed by atoms with Gasteiger partial charge in [-0.1, -0.05) is 6.92 Å². The van der Waals surface area contributed by atoms with Crippen molar-refractivity contribution in [3.05, 3.63) is 12.0 Å². The van der Waals surface area contributed by atoms with Gasteiger partial charge in [0, 0.05) is 6.42 Å². The number of hydrogen-bond acceptors (Lipinski definition) is 4. The number of aryl methyl sites for hydroxylation is 1. The summed E-state index contributed by atoms with van der Waals surface area (Å²) in [6, 6.07) is 0. The van der Waals surface area contributed by atoms with E-state index in [4.69, 9.17) is 5.73 Å². The molecule has 0 aliphatic rings. The number of nitrogens with zero attached hydrogens (tertiary/aromatic N) is 3. The maximum absolute atomic E-state index is 5.45. The van der Waals surface area contributed by atoms with Gasteiger partial charge in [0.1, 0.15) is 11.3 Å². The zero-order valence-electron chi connectivity index (χ0n) is 6.70. The summed E-state index contributed by atoms with van der Waals surface area (Å²) in [5.74, 6) is 1.17. The molecular formula is C7H9N5. The fraction of sp³-hybridized carbons (Fsp3) is 0.286. The molecule has 62 valence electrons. The molecule has 0 unspecified atom stereocenters. The Morgan fingerprint density at radius 2 is 2.33 bits per heavy atom. The first-order valence-electron chi connectivity index (χ1n) is 3.76. The van der Waals surface area contributed by atoms with E-state index < -0.39 is 0 Å². The second-order valence-corrected chi connectivity index (χ2v) is 2.50. The third-order valence-electron chi connectivity index (χ3n) is 1.62. The van der Waals surface area contributed by atoms with Crippen LogP contribution in [0.4, 0.5) is 5.95 Å². The Labute approximate surface area is 69.1 Å². The summed E-state index contributed by atoms with van der Waals surface area (Å²) >= 11 is 0. The van der Waals surface area contributed by atoms with Gasteiger partial charge in [-0.05, 0) is 0 Å². The molecule has 2 heterocycles. The summed E-state index contributed by atoms with van der Waals surface area (Å²) in [6.45, 7) is 2.00. The predicted molar refractivity (Wildman–Crippen MR) is 45.5 cm³/mol. The first-order chi connectivity index (χ1) is 5.79. The number of nitrogen functional groups attached to an aromatic ring is 1. The van der Waals surface area contributed by atoms with E-state index in [1.807, 2.05) is 6.92 Å². The van der Waals surface area contributed by atoms with E-state index in [0.717, 1.165) is 17.8 Å². The van der Waals surface area contributed by atoms with E-state index in [1.165, 1.54) is 0 Å². The summed E-state index contributed by atoms with van der Waals surface area (Å²) < 4.78 is 0. The van der Waals surface area contributed by atoms with Gasteiger partial charge in [-0.25, -0.2) is 9.97 Å². The van der Waals surface area contributed by atoms with Crippen LogP contribution >= 0.6 is 0 Å². The first-order valence-corrected chi connectivity index (χ1v) is 3.76. The van der Waals surface area contributed by atoms with Crippen molar-refractivity contribution in [2.75, 3.05) is 5.73 Å². The molecule has 2 aromatic heterocycles. The molecular weight excluding hydrogens is 154 g/mol. The quantitative estimate of drug-likeness (QED) is 0.641. The Morgan fingerprint density at radius 1 is 1.50 bits per heavy atom. The number of aromatic amines is 1. The number of aromatic nitrogens is 4. The van der Waals surface area contributed by atoms with Crippen molar-refractivity contribution in [3.63, 3.8) is 0 Å². The number of fused-ring (bicyclic) bond motifs is 1. The zero-order chi connectivity index (χ0) is 8.55. The molecule has 0 radical (unpaired) electrons. The Hall–Kier alpha value is -1.65. The molecule has 0 saturated carbocycles. The lowest BCUT2D eigenvalue weighted by Crippen LogP contribution is -1.91. The van der Waals surface area contributed by atoms with Crippen molar-refractivity contribution in [1.29, 1.82) is 0 Å². The molecule has 0 aliphatic heterocycles. The molecule has 5 nitrogen and oxygen atoms in total. The van der Waals surface area contributed by atoms with Gasteiger partial charge in [-0.2, -0.15) is 4.98 Å². The van der Waals surface area contributed by atoms with Crippen molar-refractivity contribution >= 4 is 17.1 Å². The normalized spacial score (nSPS) is 10.8. The highest BCUT2D eigenvalue weighted by molar-refractivity contribution is 5.71. The molecule has 0 saturated heterocycles. The monoisotopic (exact) mass is 163 g/mol. The van der Waals surface area contributed by atoms with Crippen LogP contribution in [0.5, 0.6) is 0 Å². The average molecular weight is 163 g/mol. The van der Waals surface area contributed by atoms with Crippen LogP contribution in [0.2, 0.25) is 0 Å². The van der Waals surface area contributed by atoms with Crippen LogP contribution in [0, 0.1) is 0 Å². The molecule has 0 amide bonds. The number of imidazole rings is 1. The Balaban J connectivity index is 2.66. The van der Waals surface area contributed by atoms with Gasteiger partial charge in [0.25, 0.3) is 0 Å². The number of H-pyrrole nitrogens is 1. The maximum Gasteiger partial charge on any atom is 0.200 e. The smallest absolute Gasteiger partial charge is 0.200 e. The minimum absolute atomic E-state index is 0.382. The van der Waals surface area contributed by atoms with Crippen LogP contribution in [0.1, 0.15) is 12.7 Å². The predicted octanol–water partition coefficient (Wildman–Crippen LogP) is 0.497. The van der Waals surface area contributed by atoms with Crippen molar-refractivity contribution in [1.82, 2.24) is 19.9 Å². The van der Waals surface area contributed by atoms with Crippen molar-refractivity contribution in [3.8, 4) is 0 Å². The fourth-order valence-corrected chi connectivity index (χ4v) is 1.03. The van der Waals surface area contributed by atoms with Gasteiger partial charge in [0.2, 0.25) is 0 Å². The van der Waals surface area contributed by atoms with Gasteiger partial charge in [-0.3, -0.25) is 0 Å². The molecule has 0 spiro atoms. The van der Waals surface area contributed by atoms with Crippen LogP contribution < -0.4 is 5.73 Å². The number of hydrogen-bond donors (Lipinski definition) is 2. The van der Waals surface area contributed by atoms with Gasteiger partial charge in [-0.15, -0.1) is 0 Å². The number of nitrogens with one attached hydrogen (secondary N) is 1. The number of anilines is 1. The molecule has 0 aromatic carbocycles. The topological polar surface area (TPSA) is 80.5 Å². The van der Waals surface area contributed by atoms with E-state index in [-0.39, 0.29) is 0 Å². The summed E-state index contributed by atoms with van der Waals surface area (Å²) in [6.07, 6.45) is 2.51. The van der Waals surface area contributed by atoms with Gasteiger partial charge in [0.15, 0.2) is 11.6 Å². The molecule has 3 N–H and O–H groups in total. The summed E-state index contributed by atoms with van der Waals surface area (Å²) in [5.41, 5.74) is 6.87. The molecule has 5 heteroatoms. The second-order valence-electron chi connectivity index (χ2n) is 2.50. The summed E-state index contributed by atoms with van der Waals surface area (Å²) in [5, 5.41) is 0. The third kappa shape index (κ3) is 0.990. The highest BCUT2D eigenvalue weighted by Gasteiger charge is 2.01. The van der Waals surface area contributed by atoms with Crippen molar-refractivity contribution in [2.24, 2.45) is 0 Å². The second kappa shape index (κ2) is 2.44. The molecule has 0 atom stereocenters. The van der Waals surface area contributed by atoms with E-state index in [1.54, 1.807) is 6.20 Å². The van der Waals surface area contributed by atoms with E-state index in [9.17, 15) is 0 Å². The summed E-state index contributed by atoms with van der Waals surface area (Å²) in [4.78, 5) is 15.1. The van der Waals surface area contributed by atoms with Gasteiger partial charge < -0.3 is 10.7 Å². The minimum Gasteiger partial charge on any atom is -0.369 e. The standard InChI is InChI=1S/C7H9N5/c1-2-5-9-3-4-6(11-5)12-7(8)10-4/h3H,2H2,1H3,(H3,8,9,10,11,12). The lowest BCUT2D eigenvalue weighted by molar-refractivity contribution is 0.956. The highest BCUT2D eigenvalue weighted by atomic mass is 15.1. The van der Waals surface area contributed by atoms with Gasteiger partial charge >= 0.3 is 0 Å². The first kappa shape index (κ1) is 7.02. The minimum atomic E-state index is 0.382. The molecule has 0 fully saturated rings. The van der Waals surface area contributed by atoms with Crippen LogP contribution in [-0.2, 0) is 6.42 Å². The van der Waals surface area contributed by atoms with E-state index in [0.29, 0.717) is 11.6 Å². The molecule has 2 aromatic rings. The Kier molecular flexibility index (Phi) is 1.43. The zero-order valence-corrected chi connectivity index (χ0v) is 6.70. The molecule has 2 rings (SSSR count). The van der Waals surface area contributed by atoms with Crippen LogP contribution in [0.15, 0.2) is 6.20 Å². The van der Waals surface area contributed by atoms with Gasteiger partial charge in [0.05, 0.1) is 6.20 Å². The molecule has 0 aliphatic carbocycles. The van der Waals surface area contributed by atoms with Crippen molar-refractivity contribution in [2.45, 2.75) is 13.3 Å². The SMILES string of the molecule is CCc1ncc2[nH]c(N)nc2n1. The Bertz CT molecular complexity index is 405. The lowest BCUT2D eigenvalue weighted by Gasteiger charge is -1.91. The fourth-order valence-electron chi connectivity index (χ4n) is 1.03. The summed E-state index contributed by atoms with van der Waals surface area (Å²) in [7, 11) is 0. The van der Waals surface area contributed by atoms with E-state index >= 15 is 0 Å². The lowest BCUT2D eigenvalue weighted by atomic mass is 10.4. The highest BCUT2D eigenvalue weighted by Crippen LogP contribution is 2.08. The average Bonchev–Trinajstić information content (AvgIpc) is 2.43. The Morgan fingerprint density at radius 3 is 3.08 bits per heavy atom. The maximum atomic E-state index is 5.45.